The van der Waals surface area contributed by atoms with Gasteiger partial charge < -0.3 is 19.5 Å². The van der Waals surface area contributed by atoms with Crippen molar-refractivity contribution in [3.05, 3.63) is 95.5 Å². The second kappa shape index (κ2) is 7.08. The predicted octanol–water partition coefficient (Wildman–Crippen LogP) is 3.61. The van der Waals surface area contributed by atoms with E-state index in [2.05, 4.69) is 0 Å². The molecule has 4 rings (SSSR count). The molecule has 1 atom stereocenters. The summed E-state index contributed by atoms with van der Waals surface area (Å²) in [5, 5.41) is 20.5. The van der Waals surface area contributed by atoms with Crippen molar-refractivity contribution in [2.75, 3.05) is 0 Å². The summed E-state index contributed by atoms with van der Waals surface area (Å²) in [4.78, 5) is 27.0. The average molecular weight is 375 g/mol. The Balaban J connectivity index is 1.86. The lowest BCUT2D eigenvalue weighted by atomic mass is 9.95. The first kappa shape index (κ1) is 17.6. The fourth-order valence-corrected chi connectivity index (χ4v) is 3.37. The molecule has 140 valence electrons. The van der Waals surface area contributed by atoms with Crippen LogP contribution in [-0.2, 0) is 16.1 Å². The van der Waals surface area contributed by atoms with Crippen LogP contribution in [0.15, 0.2) is 83.0 Å². The summed E-state index contributed by atoms with van der Waals surface area (Å²) in [6.07, 6.45) is 1.49. The molecule has 1 aromatic heterocycles. The number of amides is 1. The van der Waals surface area contributed by atoms with E-state index in [1.807, 2.05) is 0 Å². The number of aromatic hydroxyl groups is 1. The number of ketones is 1. The van der Waals surface area contributed by atoms with Gasteiger partial charge in [-0.1, -0.05) is 42.5 Å². The van der Waals surface area contributed by atoms with Gasteiger partial charge in [0.25, 0.3) is 11.7 Å². The summed E-state index contributed by atoms with van der Waals surface area (Å²) in [6.45, 7) is 0.0781. The molecule has 2 heterocycles. The Morgan fingerprint density at radius 1 is 0.964 bits per heavy atom. The first-order valence-corrected chi connectivity index (χ1v) is 8.71. The van der Waals surface area contributed by atoms with Crippen molar-refractivity contribution >= 4 is 17.4 Å². The highest BCUT2D eigenvalue weighted by Gasteiger charge is 2.46. The van der Waals surface area contributed by atoms with Crippen molar-refractivity contribution in [1.82, 2.24) is 4.90 Å². The molecule has 2 aromatic carbocycles. The van der Waals surface area contributed by atoms with Crippen LogP contribution in [0.25, 0.3) is 5.76 Å². The fraction of sp³-hybridized carbons (Fsp3) is 0.0909. The number of aliphatic hydroxyl groups excluding tert-OH is 1. The Morgan fingerprint density at radius 2 is 1.68 bits per heavy atom. The van der Waals surface area contributed by atoms with Crippen LogP contribution in [-0.4, -0.2) is 26.8 Å². The number of carbonyl (C=O) groups is 2. The van der Waals surface area contributed by atoms with Crippen LogP contribution in [0.1, 0.15) is 22.9 Å². The highest BCUT2D eigenvalue weighted by molar-refractivity contribution is 6.46. The molecule has 0 radical (unpaired) electrons. The van der Waals surface area contributed by atoms with Crippen LogP contribution in [0.4, 0.5) is 0 Å². The van der Waals surface area contributed by atoms with Crippen LogP contribution in [0.3, 0.4) is 0 Å². The van der Waals surface area contributed by atoms with Crippen LogP contribution in [0.2, 0.25) is 0 Å². The molecule has 0 bridgehead atoms. The van der Waals surface area contributed by atoms with Gasteiger partial charge in [0, 0.05) is 5.56 Å². The van der Waals surface area contributed by atoms with Crippen molar-refractivity contribution in [2.45, 2.75) is 12.6 Å². The monoisotopic (exact) mass is 375 g/mol. The van der Waals surface area contributed by atoms with Crippen molar-refractivity contribution in [3.63, 3.8) is 0 Å². The molecule has 0 unspecified atom stereocenters. The molecular weight excluding hydrogens is 358 g/mol. The minimum Gasteiger partial charge on any atom is -0.508 e. The SMILES string of the molecule is O=C1C(=O)N(Cc2ccco2)[C@@H](c2ccc(O)cc2)C1=C(O)c1ccccc1. The maximum Gasteiger partial charge on any atom is 0.296 e. The average Bonchev–Trinajstić information content (AvgIpc) is 3.31. The number of hydrogen-bond donors (Lipinski definition) is 2. The summed E-state index contributed by atoms with van der Waals surface area (Å²) in [7, 11) is 0. The number of nitrogens with zero attached hydrogens (tertiary/aromatic N) is 1. The van der Waals surface area contributed by atoms with Gasteiger partial charge >= 0.3 is 0 Å². The summed E-state index contributed by atoms with van der Waals surface area (Å²) in [5.74, 6) is -1.13. The minimum absolute atomic E-state index is 0.00782. The van der Waals surface area contributed by atoms with Crippen LogP contribution >= 0.6 is 0 Å². The van der Waals surface area contributed by atoms with E-state index < -0.39 is 17.7 Å². The number of carbonyl (C=O) groups excluding carboxylic acids is 2. The van der Waals surface area contributed by atoms with Gasteiger partial charge in [-0.15, -0.1) is 0 Å². The Hall–Kier alpha value is -3.80. The molecule has 28 heavy (non-hydrogen) atoms. The molecule has 1 fully saturated rings. The highest BCUT2D eigenvalue weighted by atomic mass is 16.3. The van der Waals surface area contributed by atoms with E-state index in [1.54, 1.807) is 54.6 Å². The third-order valence-corrected chi connectivity index (χ3v) is 4.70. The number of benzene rings is 2. The molecule has 1 aliphatic rings. The molecule has 2 N–H and O–H groups in total. The second-order valence-corrected chi connectivity index (χ2v) is 6.46. The molecule has 1 aliphatic heterocycles. The summed E-state index contributed by atoms with van der Waals surface area (Å²) in [6, 6.07) is 17.4. The number of hydrogen-bond acceptors (Lipinski definition) is 5. The molecular formula is C22H17NO5. The molecule has 3 aromatic rings. The smallest absolute Gasteiger partial charge is 0.296 e. The molecule has 1 amide bonds. The largest absolute Gasteiger partial charge is 0.508 e. The van der Waals surface area contributed by atoms with Crippen molar-refractivity contribution in [3.8, 4) is 5.75 Å². The predicted molar refractivity (Wildman–Crippen MR) is 101 cm³/mol. The van der Waals surface area contributed by atoms with Gasteiger partial charge in [0.1, 0.15) is 17.3 Å². The van der Waals surface area contributed by atoms with Crippen LogP contribution in [0.5, 0.6) is 5.75 Å². The fourth-order valence-electron chi connectivity index (χ4n) is 3.37. The standard InChI is InChI=1S/C22H17NO5/c24-16-10-8-14(9-11-16)19-18(20(25)15-5-2-1-3-6-15)21(26)22(27)23(19)13-17-7-4-12-28-17/h1-12,19,24-25H,13H2/t19-/m0/s1. The number of Topliss-reactive ketones (excluding diaryl/α,β-unsaturated/α-hetero) is 1. The quantitative estimate of drug-likeness (QED) is 0.413. The van der Waals surface area contributed by atoms with Crippen molar-refractivity contribution in [1.29, 1.82) is 0 Å². The number of aliphatic hydroxyl groups is 1. The molecule has 0 saturated carbocycles. The topological polar surface area (TPSA) is 91.0 Å². The van der Waals surface area contributed by atoms with Gasteiger partial charge in [-0.2, -0.15) is 0 Å². The van der Waals surface area contributed by atoms with E-state index in [0.29, 0.717) is 16.9 Å². The minimum atomic E-state index is -0.800. The number of rotatable bonds is 4. The van der Waals surface area contributed by atoms with Gasteiger partial charge in [0.2, 0.25) is 0 Å². The maximum atomic E-state index is 12.8. The molecule has 0 aliphatic carbocycles. The zero-order valence-corrected chi connectivity index (χ0v) is 14.8. The zero-order chi connectivity index (χ0) is 19.7. The first-order valence-electron chi connectivity index (χ1n) is 8.71. The third kappa shape index (κ3) is 3.05. The van der Waals surface area contributed by atoms with E-state index in [0.717, 1.165) is 0 Å². The number of phenols is 1. The normalized spacial score (nSPS) is 18.6. The van der Waals surface area contributed by atoms with Gasteiger partial charge in [0.05, 0.1) is 24.4 Å². The zero-order valence-electron chi connectivity index (χ0n) is 14.8. The lowest BCUT2D eigenvalue weighted by Crippen LogP contribution is -2.29. The van der Waals surface area contributed by atoms with E-state index in [4.69, 9.17) is 4.42 Å². The summed E-state index contributed by atoms with van der Waals surface area (Å²) >= 11 is 0. The lowest BCUT2D eigenvalue weighted by Gasteiger charge is -2.24. The van der Waals surface area contributed by atoms with Gasteiger partial charge in [-0.25, -0.2) is 0 Å². The van der Waals surface area contributed by atoms with Crippen LogP contribution < -0.4 is 0 Å². The molecule has 6 nitrogen and oxygen atoms in total. The summed E-state index contributed by atoms with van der Waals surface area (Å²) in [5.41, 5.74) is 1.05. The van der Waals surface area contributed by atoms with E-state index >= 15 is 0 Å². The highest BCUT2D eigenvalue weighted by Crippen LogP contribution is 2.40. The Bertz CT molecular complexity index is 1040. The molecule has 6 heteroatoms. The maximum absolute atomic E-state index is 12.8. The van der Waals surface area contributed by atoms with Crippen molar-refractivity contribution in [2.24, 2.45) is 0 Å². The number of furan rings is 1. The van der Waals surface area contributed by atoms with Crippen LogP contribution in [0, 0.1) is 0 Å². The molecule has 1 saturated heterocycles. The van der Waals surface area contributed by atoms with E-state index in [9.17, 15) is 19.8 Å². The first-order chi connectivity index (χ1) is 13.6. The number of phenolic OH excluding ortho intramolecular Hbond substituents is 1. The molecule has 0 spiro atoms. The lowest BCUT2D eigenvalue weighted by molar-refractivity contribution is -0.140. The Morgan fingerprint density at radius 3 is 2.32 bits per heavy atom. The summed E-state index contributed by atoms with van der Waals surface area (Å²) < 4.78 is 5.34. The third-order valence-electron chi connectivity index (χ3n) is 4.70. The van der Waals surface area contributed by atoms with Gasteiger partial charge in [0.15, 0.2) is 0 Å². The van der Waals surface area contributed by atoms with Crippen molar-refractivity contribution < 1.29 is 24.2 Å². The Labute approximate surface area is 161 Å². The van der Waals surface area contributed by atoms with E-state index in [1.165, 1.54) is 23.3 Å². The van der Waals surface area contributed by atoms with E-state index in [-0.39, 0.29) is 23.6 Å². The van der Waals surface area contributed by atoms with Gasteiger partial charge in [-0.05, 0) is 29.8 Å². The Kier molecular flexibility index (Phi) is 4.45. The second-order valence-electron chi connectivity index (χ2n) is 6.46. The number of likely N-dealkylation sites (tertiary alicyclic amines) is 1. The van der Waals surface area contributed by atoms with Gasteiger partial charge in [-0.3, -0.25) is 9.59 Å².